The number of carbonyl (C=O) groups is 1. The minimum atomic E-state index is -4.48. The third-order valence-corrected chi connectivity index (χ3v) is 6.78. The first-order chi connectivity index (χ1) is 15.8. The molecule has 0 bridgehead atoms. The van der Waals surface area contributed by atoms with Crippen LogP contribution in [0.3, 0.4) is 0 Å². The van der Waals surface area contributed by atoms with Crippen LogP contribution in [0.4, 0.5) is 13.2 Å². The smallest absolute Gasteiger partial charge is 0.381 e. The maximum atomic E-state index is 13.6. The van der Waals surface area contributed by atoms with E-state index < -0.39 is 11.7 Å². The van der Waals surface area contributed by atoms with Crippen LogP contribution in [0.5, 0.6) is 0 Å². The van der Waals surface area contributed by atoms with E-state index in [4.69, 9.17) is 9.26 Å². The SMILES string of the molecule is Cc1noc2nc(-c3cccc(C(F)(F)F)c3)cc(C(=O)N3CCC(C4CCOCC4)C3)c12. The molecule has 3 aromatic rings. The quantitative estimate of drug-likeness (QED) is 0.545. The molecule has 0 spiro atoms. The average Bonchev–Trinajstić information content (AvgIpc) is 3.46. The molecule has 174 valence electrons. The van der Waals surface area contributed by atoms with Crippen molar-refractivity contribution in [1.82, 2.24) is 15.0 Å². The number of pyridine rings is 1. The number of hydrogen-bond acceptors (Lipinski definition) is 5. The van der Waals surface area contributed by atoms with Crippen LogP contribution in [0.1, 0.15) is 40.9 Å². The van der Waals surface area contributed by atoms with Gasteiger partial charge in [0.1, 0.15) is 0 Å². The van der Waals surface area contributed by atoms with Gasteiger partial charge in [-0.15, -0.1) is 0 Å². The molecule has 6 nitrogen and oxygen atoms in total. The highest BCUT2D eigenvalue weighted by Gasteiger charge is 2.35. The predicted octanol–water partition coefficient (Wildman–Crippen LogP) is 5.11. The maximum absolute atomic E-state index is 13.6. The van der Waals surface area contributed by atoms with Crippen LogP contribution in [0.15, 0.2) is 34.9 Å². The van der Waals surface area contributed by atoms with Gasteiger partial charge in [0, 0.05) is 31.9 Å². The second-order valence-electron chi connectivity index (χ2n) is 8.83. The van der Waals surface area contributed by atoms with Gasteiger partial charge in [0.25, 0.3) is 11.6 Å². The van der Waals surface area contributed by atoms with Crippen molar-refractivity contribution in [1.29, 1.82) is 0 Å². The molecule has 0 aliphatic carbocycles. The van der Waals surface area contributed by atoms with Crippen LogP contribution in [-0.2, 0) is 10.9 Å². The molecule has 2 aromatic heterocycles. The van der Waals surface area contributed by atoms with E-state index in [0.717, 1.165) is 44.6 Å². The fraction of sp³-hybridized carbons (Fsp3) is 0.458. The van der Waals surface area contributed by atoms with E-state index in [2.05, 4.69) is 10.1 Å². The molecule has 1 amide bonds. The first kappa shape index (κ1) is 21.9. The molecule has 1 atom stereocenters. The Morgan fingerprint density at radius 2 is 1.91 bits per heavy atom. The molecular formula is C24H24F3N3O3. The van der Waals surface area contributed by atoms with Crippen molar-refractivity contribution in [3.05, 3.63) is 47.2 Å². The van der Waals surface area contributed by atoms with E-state index >= 15 is 0 Å². The molecule has 2 aliphatic heterocycles. The third-order valence-electron chi connectivity index (χ3n) is 6.78. The van der Waals surface area contributed by atoms with Gasteiger partial charge < -0.3 is 14.2 Å². The lowest BCUT2D eigenvalue weighted by Crippen LogP contribution is -2.31. The van der Waals surface area contributed by atoms with Crippen molar-refractivity contribution < 1.29 is 27.2 Å². The number of aromatic nitrogens is 2. The summed E-state index contributed by atoms with van der Waals surface area (Å²) in [6, 6.07) is 6.47. The summed E-state index contributed by atoms with van der Waals surface area (Å²) in [6.07, 6.45) is -1.52. The maximum Gasteiger partial charge on any atom is 0.416 e. The zero-order valence-electron chi connectivity index (χ0n) is 18.2. The number of ether oxygens (including phenoxy) is 1. The molecule has 9 heteroatoms. The van der Waals surface area contributed by atoms with Gasteiger partial charge in [0.15, 0.2) is 0 Å². The van der Waals surface area contributed by atoms with Crippen LogP contribution in [0.25, 0.3) is 22.4 Å². The number of rotatable bonds is 3. The largest absolute Gasteiger partial charge is 0.416 e. The number of fused-ring (bicyclic) bond motifs is 1. The number of nitrogens with zero attached hydrogens (tertiary/aromatic N) is 3. The van der Waals surface area contributed by atoms with Crippen molar-refractivity contribution in [3.63, 3.8) is 0 Å². The zero-order valence-corrected chi connectivity index (χ0v) is 18.2. The molecule has 5 rings (SSSR count). The molecule has 4 heterocycles. The van der Waals surface area contributed by atoms with Gasteiger partial charge in [0.2, 0.25) is 0 Å². The van der Waals surface area contributed by atoms with E-state index in [0.29, 0.717) is 41.6 Å². The number of amides is 1. The van der Waals surface area contributed by atoms with Gasteiger partial charge in [-0.3, -0.25) is 4.79 Å². The van der Waals surface area contributed by atoms with Crippen LogP contribution in [0.2, 0.25) is 0 Å². The third kappa shape index (κ3) is 4.21. The summed E-state index contributed by atoms with van der Waals surface area (Å²) in [5.74, 6) is 0.810. The lowest BCUT2D eigenvalue weighted by molar-refractivity contribution is -0.137. The second-order valence-corrected chi connectivity index (χ2v) is 8.83. The van der Waals surface area contributed by atoms with E-state index in [1.807, 2.05) is 4.90 Å². The molecule has 2 saturated heterocycles. The highest BCUT2D eigenvalue weighted by Crippen LogP contribution is 2.35. The molecule has 0 radical (unpaired) electrons. The van der Waals surface area contributed by atoms with E-state index in [1.165, 1.54) is 12.1 Å². The monoisotopic (exact) mass is 459 g/mol. The molecule has 2 aliphatic rings. The van der Waals surface area contributed by atoms with Crippen molar-refractivity contribution in [2.45, 2.75) is 32.4 Å². The van der Waals surface area contributed by atoms with E-state index in [-0.39, 0.29) is 22.9 Å². The van der Waals surface area contributed by atoms with Gasteiger partial charge in [-0.1, -0.05) is 17.3 Å². The topological polar surface area (TPSA) is 68.5 Å². The normalized spacial score (nSPS) is 20.0. The number of likely N-dealkylation sites (tertiary alicyclic amines) is 1. The Labute approximate surface area is 188 Å². The summed E-state index contributed by atoms with van der Waals surface area (Å²) >= 11 is 0. The highest BCUT2D eigenvalue weighted by atomic mass is 19.4. The lowest BCUT2D eigenvalue weighted by atomic mass is 9.85. The number of halogens is 3. The summed E-state index contributed by atoms with van der Waals surface area (Å²) in [4.78, 5) is 19.8. The van der Waals surface area contributed by atoms with Gasteiger partial charge in [-0.2, -0.15) is 13.2 Å². The van der Waals surface area contributed by atoms with Crippen LogP contribution in [-0.4, -0.2) is 47.3 Å². The average molecular weight is 459 g/mol. The fourth-order valence-corrected chi connectivity index (χ4v) is 4.98. The Balaban J connectivity index is 1.49. The molecule has 0 N–H and O–H groups in total. The summed E-state index contributed by atoms with van der Waals surface area (Å²) in [6.45, 7) is 4.56. The Morgan fingerprint density at radius 1 is 1.12 bits per heavy atom. The number of benzene rings is 1. The Kier molecular flexibility index (Phi) is 5.60. The van der Waals surface area contributed by atoms with Gasteiger partial charge >= 0.3 is 6.18 Å². The molecule has 1 aromatic carbocycles. The van der Waals surface area contributed by atoms with Crippen LogP contribution >= 0.6 is 0 Å². The molecular weight excluding hydrogens is 435 g/mol. The van der Waals surface area contributed by atoms with E-state index in [9.17, 15) is 18.0 Å². The number of alkyl halides is 3. The summed E-state index contributed by atoms with van der Waals surface area (Å²) < 4.78 is 50.4. The number of carbonyl (C=O) groups excluding carboxylic acids is 1. The summed E-state index contributed by atoms with van der Waals surface area (Å²) in [5, 5.41) is 4.45. The minimum absolute atomic E-state index is 0.144. The lowest BCUT2D eigenvalue weighted by Gasteiger charge is -2.27. The molecule has 2 fully saturated rings. The van der Waals surface area contributed by atoms with Crippen LogP contribution < -0.4 is 0 Å². The molecule has 33 heavy (non-hydrogen) atoms. The van der Waals surface area contributed by atoms with Gasteiger partial charge in [-0.25, -0.2) is 4.98 Å². The second kappa shape index (κ2) is 8.44. The van der Waals surface area contributed by atoms with Crippen molar-refractivity contribution in [3.8, 4) is 11.3 Å². The highest BCUT2D eigenvalue weighted by molar-refractivity contribution is 6.07. The summed E-state index contributed by atoms with van der Waals surface area (Å²) in [5.41, 5.74) is 0.758. The standard InChI is InChI=1S/C24H24F3N3O3/c1-14-21-19(23(31)30-8-5-17(13-30)15-6-9-32-10-7-15)12-20(28-22(21)33-29-14)16-3-2-4-18(11-16)24(25,26)27/h2-4,11-12,15,17H,5-10,13H2,1H3. The Bertz CT molecular complexity index is 1180. The van der Waals surface area contributed by atoms with Crippen molar-refractivity contribution >= 4 is 17.0 Å². The van der Waals surface area contributed by atoms with Crippen molar-refractivity contribution in [2.75, 3.05) is 26.3 Å². The zero-order chi connectivity index (χ0) is 23.2. The Morgan fingerprint density at radius 3 is 2.67 bits per heavy atom. The molecule has 1 unspecified atom stereocenters. The van der Waals surface area contributed by atoms with Gasteiger partial charge in [-0.05, 0) is 56.2 Å². The van der Waals surface area contributed by atoms with E-state index in [1.54, 1.807) is 13.0 Å². The number of hydrogen-bond donors (Lipinski definition) is 0. The Hall–Kier alpha value is -2.94. The van der Waals surface area contributed by atoms with Crippen LogP contribution in [0, 0.1) is 18.8 Å². The van der Waals surface area contributed by atoms with Crippen molar-refractivity contribution in [2.24, 2.45) is 11.8 Å². The molecule has 0 saturated carbocycles. The minimum Gasteiger partial charge on any atom is -0.381 e. The summed E-state index contributed by atoms with van der Waals surface area (Å²) in [7, 11) is 0. The fourth-order valence-electron chi connectivity index (χ4n) is 4.98. The van der Waals surface area contributed by atoms with Gasteiger partial charge in [0.05, 0.1) is 27.9 Å². The first-order valence-electron chi connectivity index (χ1n) is 11.1. The number of aryl methyl sites for hydroxylation is 1. The predicted molar refractivity (Wildman–Crippen MR) is 115 cm³/mol. The first-order valence-corrected chi connectivity index (χ1v) is 11.1.